The van der Waals surface area contributed by atoms with Crippen molar-refractivity contribution in [1.29, 1.82) is 0 Å². The molecule has 0 bridgehead atoms. The van der Waals surface area contributed by atoms with Crippen molar-refractivity contribution in [3.05, 3.63) is 29.6 Å². The molecule has 14 heavy (non-hydrogen) atoms. The molecule has 0 fully saturated rings. The Hall–Kier alpha value is -0.750. The maximum atomic E-state index is 12.2. The zero-order valence-electron chi connectivity index (χ0n) is 7.34. The van der Waals surface area contributed by atoms with Crippen LogP contribution in [0, 0.1) is 0 Å². The van der Waals surface area contributed by atoms with Gasteiger partial charge >= 0.3 is 6.18 Å². The van der Waals surface area contributed by atoms with Crippen molar-refractivity contribution in [2.75, 3.05) is 6.26 Å². The second-order valence-corrected chi connectivity index (χ2v) is 3.03. The van der Waals surface area contributed by atoms with Gasteiger partial charge in [-0.1, -0.05) is 0 Å². The summed E-state index contributed by atoms with van der Waals surface area (Å²) in [6.45, 7) is 0.0745. The zero-order chi connectivity index (χ0) is 10.6. The summed E-state index contributed by atoms with van der Waals surface area (Å²) < 4.78 is 41.5. The van der Waals surface area contributed by atoms with Crippen molar-refractivity contribution in [3.63, 3.8) is 0 Å². The summed E-state index contributed by atoms with van der Waals surface area (Å²) in [6, 6.07) is 1.92. The summed E-state index contributed by atoms with van der Waals surface area (Å²) in [6.07, 6.45) is -1.51. The fraction of sp³-hybridized carbons (Fsp3) is 0.375. The molecule has 0 N–H and O–H groups in total. The van der Waals surface area contributed by atoms with Crippen LogP contribution in [-0.2, 0) is 17.0 Å². The Morgan fingerprint density at radius 2 is 2.21 bits per heavy atom. The van der Waals surface area contributed by atoms with Crippen molar-refractivity contribution in [2.45, 2.75) is 12.8 Å². The van der Waals surface area contributed by atoms with Crippen molar-refractivity contribution >= 4 is 12.0 Å². The van der Waals surface area contributed by atoms with Gasteiger partial charge in [0.05, 0.1) is 11.3 Å². The normalized spacial score (nSPS) is 11.7. The van der Waals surface area contributed by atoms with Crippen LogP contribution in [0.1, 0.15) is 11.3 Å². The molecule has 1 aromatic rings. The molecule has 0 aliphatic heterocycles. The summed E-state index contributed by atoms with van der Waals surface area (Å²) in [5, 5.41) is 0. The molecule has 0 aromatic carbocycles. The highest BCUT2D eigenvalue weighted by Crippen LogP contribution is 2.29. The number of alkyl halides is 3. The monoisotopic (exact) mass is 223 g/mol. The molecule has 0 saturated heterocycles. The zero-order valence-corrected chi connectivity index (χ0v) is 8.15. The predicted octanol–water partition coefficient (Wildman–Crippen LogP) is 2.90. The lowest BCUT2D eigenvalue weighted by atomic mass is 10.2. The van der Waals surface area contributed by atoms with Crippen LogP contribution < -0.4 is 0 Å². The van der Waals surface area contributed by atoms with Crippen molar-refractivity contribution in [1.82, 2.24) is 4.98 Å². The Morgan fingerprint density at radius 1 is 1.50 bits per heavy atom. The van der Waals surface area contributed by atoms with Crippen LogP contribution in [0.3, 0.4) is 0 Å². The van der Waals surface area contributed by atoms with Gasteiger partial charge in [0.2, 0.25) is 0 Å². The first kappa shape index (κ1) is 11.3. The predicted molar refractivity (Wildman–Crippen MR) is 47.5 cm³/mol. The van der Waals surface area contributed by atoms with E-state index >= 15 is 0 Å². The van der Waals surface area contributed by atoms with Crippen molar-refractivity contribution in [2.24, 2.45) is 0 Å². The molecule has 78 valence electrons. The molecule has 0 spiro atoms. The van der Waals surface area contributed by atoms with Gasteiger partial charge in [-0.05, 0) is 24.2 Å². The van der Waals surface area contributed by atoms with Crippen LogP contribution in [0.2, 0.25) is 0 Å². The van der Waals surface area contributed by atoms with E-state index in [2.05, 4.69) is 4.98 Å². The topological polar surface area (TPSA) is 22.1 Å². The van der Waals surface area contributed by atoms with E-state index in [1.54, 1.807) is 6.26 Å². The van der Waals surface area contributed by atoms with Gasteiger partial charge in [-0.15, -0.1) is 0 Å². The number of hydrogen-bond donors (Lipinski definition) is 0. The number of nitrogens with zero attached hydrogens (tertiary/aromatic N) is 1. The van der Waals surface area contributed by atoms with Crippen LogP contribution >= 0.6 is 12.0 Å². The largest absolute Gasteiger partial charge is 0.416 e. The second-order valence-electron chi connectivity index (χ2n) is 2.46. The Kier molecular flexibility index (Phi) is 3.77. The Bertz CT molecular complexity index is 303. The van der Waals surface area contributed by atoms with Gasteiger partial charge in [0.15, 0.2) is 0 Å². The Balaban J connectivity index is 2.79. The van der Waals surface area contributed by atoms with Gasteiger partial charge in [-0.2, -0.15) is 13.2 Å². The SMILES string of the molecule is CSOCc1cc(C(F)(F)F)ccn1. The fourth-order valence-electron chi connectivity index (χ4n) is 0.853. The lowest BCUT2D eigenvalue weighted by Crippen LogP contribution is -2.06. The maximum absolute atomic E-state index is 12.2. The third kappa shape index (κ3) is 3.19. The Labute approximate surface area is 83.7 Å². The lowest BCUT2D eigenvalue weighted by molar-refractivity contribution is -0.137. The van der Waals surface area contributed by atoms with Gasteiger partial charge in [0.1, 0.15) is 6.61 Å². The molecule has 1 rings (SSSR count). The highest BCUT2D eigenvalue weighted by molar-refractivity contribution is 7.93. The summed E-state index contributed by atoms with van der Waals surface area (Å²) in [4.78, 5) is 3.75. The summed E-state index contributed by atoms with van der Waals surface area (Å²) in [5.74, 6) is 0. The van der Waals surface area contributed by atoms with E-state index in [9.17, 15) is 13.2 Å². The number of aromatic nitrogens is 1. The van der Waals surface area contributed by atoms with Crippen molar-refractivity contribution in [3.8, 4) is 0 Å². The van der Waals surface area contributed by atoms with Gasteiger partial charge in [0.25, 0.3) is 0 Å². The molecule has 0 saturated carbocycles. The third-order valence-corrected chi connectivity index (χ3v) is 1.82. The van der Waals surface area contributed by atoms with E-state index in [0.717, 1.165) is 30.4 Å². The summed E-state index contributed by atoms with van der Waals surface area (Å²) in [7, 11) is 0. The quantitative estimate of drug-likeness (QED) is 0.735. The lowest BCUT2D eigenvalue weighted by Gasteiger charge is -2.07. The summed E-state index contributed by atoms with van der Waals surface area (Å²) >= 11 is 1.09. The van der Waals surface area contributed by atoms with Gasteiger partial charge in [-0.25, -0.2) is 0 Å². The standard InChI is InChI=1S/C8H8F3NOS/c1-14-13-5-7-4-6(2-3-12-7)8(9,10)11/h2-4H,5H2,1H3. The molecule has 0 radical (unpaired) electrons. The molecular formula is C8H8F3NOS. The smallest absolute Gasteiger partial charge is 0.309 e. The maximum Gasteiger partial charge on any atom is 0.416 e. The van der Waals surface area contributed by atoms with Crippen LogP contribution in [-0.4, -0.2) is 11.2 Å². The molecule has 0 amide bonds. The first-order chi connectivity index (χ1) is 6.54. The van der Waals surface area contributed by atoms with E-state index in [0.29, 0.717) is 0 Å². The van der Waals surface area contributed by atoms with E-state index in [4.69, 9.17) is 4.18 Å². The number of halogens is 3. The molecule has 0 aliphatic carbocycles. The highest BCUT2D eigenvalue weighted by atomic mass is 32.2. The van der Waals surface area contributed by atoms with Crippen LogP contribution in [0.15, 0.2) is 18.3 Å². The Morgan fingerprint density at radius 3 is 2.79 bits per heavy atom. The first-order valence-electron chi connectivity index (χ1n) is 3.72. The highest BCUT2D eigenvalue weighted by Gasteiger charge is 2.30. The average Bonchev–Trinajstić information content (AvgIpc) is 2.14. The molecular weight excluding hydrogens is 215 g/mol. The molecule has 0 atom stereocenters. The van der Waals surface area contributed by atoms with Gasteiger partial charge in [-0.3, -0.25) is 4.98 Å². The van der Waals surface area contributed by atoms with E-state index in [-0.39, 0.29) is 12.3 Å². The van der Waals surface area contributed by atoms with Crippen LogP contribution in [0.5, 0.6) is 0 Å². The number of pyridine rings is 1. The molecule has 0 unspecified atom stereocenters. The number of hydrogen-bond acceptors (Lipinski definition) is 3. The van der Waals surface area contributed by atoms with E-state index in [1.165, 1.54) is 0 Å². The minimum atomic E-state index is -4.32. The third-order valence-electron chi connectivity index (χ3n) is 1.47. The van der Waals surface area contributed by atoms with Crippen LogP contribution in [0.4, 0.5) is 13.2 Å². The second kappa shape index (κ2) is 4.65. The minimum absolute atomic E-state index is 0.0745. The molecule has 6 heteroatoms. The molecule has 1 heterocycles. The van der Waals surface area contributed by atoms with Gasteiger partial charge < -0.3 is 4.18 Å². The van der Waals surface area contributed by atoms with Gasteiger partial charge in [0, 0.05) is 12.5 Å². The van der Waals surface area contributed by atoms with Crippen molar-refractivity contribution < 1.29 is 17.4 Å². The molecule has 2 nitrogen and oxygen atoms in total. The van der Waals surface area contributed by atoms with Crippen LogP contribution in [0.25, 0.3) is 0 Å². The molecule has 0 aliphatic rings. The average molecular weight is 223 g/mol. The first-order valence-corrected chi connectivity index (χ1v) is 4.87. The summed E-state index contributed by atoms with van der Waals surface area (Å²) in [5.41, 5.74) is -0.429. The number of rotatable bonds is 3. The minimum Gasteiger partial charge on any atom is -0.309 e. The van der Waals surface area contributed by atoms with E-state index in [1.807, 2.05) is 0 Å². The van der Waals surface area contributed by atoms with E-state index < -0.39 is 11.7 Å². The fourth-order valence-corrected chi connectivity index (χ4v) is 1.09. The molecule has 1 aromatic heterocycles.